The molecule has 0 aliphatic heterocycles. The maximum Gasteiger partial charge on any atom is 0.337 e. The van der Waals surface area contributed by atoms with Crippen molar-refractivity contribution in [1.82, 2.24) is 10.6 Å². The molecule has 1 aliphatic carbocycles. The van der Waals surface area contributed by atoms with Crippen molar-refractivity contribution in [3.63, 3.8) is 0 Å². The Bertz CT molecular complexity index is 794. The number of carboxylic acid groups (broad SMARTS) is 1. The van der Waals surface area contributed by atoms with Crippen LogP contribution in [-0.2, 0) is 0 Å². The number of aromatic carboxylic acids is 1. The number of nitrogen functional groups attached to an aromatic ring is 1. The number of nitrogens with two attached hydrogens (primary N) is 1. The van der Waals surface area contributed by atoms with Gasteiger partial charge in [0.1, 0.15) is 0 Å². The summed E-state index contributed by atoms with van der Waals surface area (Å²) < 4.78 is 0. The Balaban J connectivity index is 2.02. The van der Waals surface area contributed by atoms with E-state index in [-0.39, 0.29) is 16.8 Å². The maximum absolute atomic E-state index is 12.2. The summed E-state index contributed by atoms with van der Waals surface area (Å²) in [4.78, 5) is 35.2. The molecular weight excluding hydrogens is 322 g/mol. The summed E-state index contributed by atoms with van der Waals surface area (Å²) in [7, 11) is 0. The topological polar surface area (TPSA) is 122 Å². The SMILES string of the molecule is CC1=CCCC(C)=C1CNC(=O)NC(=O)c1cccc(C(=O)O)c1N. The smallest absolute Gasteiger partial charge is 0.337 e. The molecule has 0 atom stereocenters. The molecule has 5 N–H and O–H groups in total. The van der Waals surface area contributed by atoms with Gasteiger partial charge in [0.15, 0.2) is 0 Å². The minimum absolute atomic E-state index is 0.0563. The van der Waals surface area contributed by atoms with Crippen LogP contribution >= 0.6 is 0 Å². The third-order valence-electron chi connectivity index (χ3n) is 4.19. The van der Waals surface area contributed by atoms with Gasteiger partial charge in [0, 0.05) is 6.54 Å². The van der Waals surface area contributed by atoms with Crippen molar-refractivity contribution in [3.8, 4) is 0 Å². The average molecular weight is 343 g/mol. The molecule has 7 nitrogen and oxygen atoms in total. The maximum atomic E-state index is 12.2. The lowest BCUT2D eigenvalue weighted by molar-refractivity contribution is 0.0698. The minimum atomic E-state index is -1.24. The van der Waals surface area contributed by atoms with Crippen LogP contribution in [0.15, 0.2) is 41.0 Å². The summed E-state index contributed by atoms with van der Waals surface area (Å²) in [5, 5.41) is 13.8. The molecule has 3 amide bonds. The van der Waals surface area contributed by atoms with Crippen molar-refractivity contribution in [2.45, 2.75) is 26.7 Å². The van der Waals surface area contributed by atoms with Gasteiger partial charge >= 0.3 is 12.0 Å². The van der Waals surface area contributed by atoms with Gasteiger partial charge in [0.2, 0.25) is 0 Å². The van der Waals surface area contributed by atoms with Gasteiger partial charge < -0.3 is 16.2 Å². The number of para-hydroxylation sites is 1. The Morgan fingerprint density at radius 2 is 1.88 bits per heavy atom. The van der Waals surface area contributed by atoms with Crippen LogP contribution in [0.3, 0.4) is 0 Å². The number of allylic oxidation sites excluding steroid dienone is 2. The Morgan fingerprint density at radius 1 is 1.20 bits per heavy atom. The molecule has 0 saturated heterocycles. The zero-order valence-electron chi connectivity index (χ0n) is 14.2. The van der Waals surface area contributed by atoms with Crippen LogP contribution < -0.4 is 16.4 Å². The highest BCUT2D eigenvalue weighted by molar-refractivity contribution is 6.10. The second-order valence-electron chi connectivity index (χ2n) is 5.89. The Hall–Kier alpha value is -3.09. The summed E-state index contributed by atoms with van der Waals surface area (Å²) in [6, 6.07) is 3.40. The van der Waals surface area contributed by atoms with E-state index in [2.05, 4.69) is 16.7 Å². The van der Waals surface area contributed by atoms with E-state index in [0.29, 0.717) is 6.54 Å². The number of anilines is 1. The largest absolute Gasteiger partial charge is 0.478 e. The van der Waals surface area contributed by atoms with Gasteiger partial charge in [-0.05, 0) is 44.4 Å². The van der Waals surface area contributed by atoms with E-state index in [9.17, 15) is 14.4 Å². The number of amides is 3. The van der Waals surface area contributed by atoms with Crippen molar-refractivity contribution in [3.05, 3.63) is 52.1 Å². The number of carboxylic acids is 1. The van der Waals surface area contributed by atoms with Gasteiger partial charge in [0.05, 0.1) is 16.8 Å². The summed E-state index contributed by atoms with van der Waals surface area (Å²) in [6.07, 6.45) is 4.06. The molecule has 0 aromatic heterocycles. The number of urea groups is 1. The average Bonchev–Trinajstić information content (AvgIpc) is 2.54. The van der Waals surface area contributed by atoms with E-state index in [1.54, 1.807) is 0 Å². The van der Waals surface area contributed by atoms with Gasteiger partial charge in [-0.15, -0.1) is 0 Å². The number of hydrogen-bond acceptors (Lipinski definition) is 4. The molecule has 0 fully saturated rings. The molecule has 1 aromatic rings. The summed E-state index contributed by atoms with van der Waals surface area (Å²) in [5.41, 5.74) is 8.67. The Labute approximate surface area is 145 Å². The van der Waals surface area contributed by atoms with Crippen molar-refractivity contribution in [1.29, 1.82) is 0 Å². The predicted molar refractivity (Wildman–Crippen MR) is 94.4 cm³/mol. The number of nitrogens with one attached hydrogen (secondary N) is 2. The predicted octanol–water partition coefficient (Wildman–Crippen LogP) is 2.46. The zero-order chi connectivity index (χ0) is 18.6. The zero-order valence-corrected chi connectivity index (χ0v) is 14.2. The molecule has 1 aliphatic rings. The van der Waals surface area contributed by atoms with Crippen LogP contribution in [0.5, 0.6) is 0 Å². The molecule has 0 saturated carbocycles. The number of benzene rings is 1. The molecule has 0 radical (unpaired) electrons. The van der Waals surface area contributed by atoms with E-state index in [1.165, 1.54) is 23.8 Å². The first kappa shape index (κ1) is 18.3. The number of hydrogen-bond donors (Lipinski definition) is 4. The van der Waals surface area contributed by atoms with Crippen molar-refractivity contribution in [2.75, 3.05) is 12.3 Å². The summed E-state index contributed by atoms with van der Waals surface area (Å²) >= 11 is 0. The van der Waals surface area contributed by atoms with Gasteiger partial charge in [-0.3, -0.25) is 10.1 Å². The lowest BCUT2D eigenvalue weighted by Crippen LogP contribution is -2.40. The monoisotopic (exact) mass is 343 g/mol. The van der Waals surface area contributed by atoms with Crippen LogP contribution in [0.2, 0.25) is 0 Å². The molecule has 0 spiro atoms. The van der Waals surface area contributed by atoms with Crippen molar-refractivity contribution in [2.24, 2.45) is 0 Å². The second kappa shape index (κ2) is 7.65. The minimum Gasteiger partial charge on any atom is -0.478 e. The molecule has 1 aromatic carbocycles. The molecule has 7 heteroatoms. The number of carbonyl (C=O) groups excluding carboxylic acids is 2. The summed E-state index contributed by atoms with van der Waals surface area (Å²) in [5.74, 6) is -1.99. The Morgan fingerprint density at radius 3 is 2.52 bits per heavy atom. The van der Waals surface area contributed by atoms with Crippen LogP contribution in [0, 0.1) is 0 Å². The van der Waals surface area contributed by atoms with Gasteiger partial charge in [-0.25, -0.2) is 9.59 Å². The lowest BCUT2D eigenvalue weighted by atomic mass is 9.93. The fourth-order valence-corrected chi connectivity index (χ4v) is 2.74. The van der Waals surface area contributed by atoms with E-state index in [1.807, 2.05) is 13.8 Å². The second-order valence-corrected chi connectivity index (χ2v) is 5.89. The number of rotatable bonds is 4. The quantitative estimate of drug-likeness (QED) is 0.626. The summed E-state index contributed by atoms with van der Waals surface area (Å²) in [6.45, 7) is 4.33. The van der Waals surface area contributed by atoms with Crippen LogP contribution in [0.1, 0.15) is 47.4 Å². The first-order valence-corrected chi connectivity index (χ1v) is 7.88. The van der Waals surface area contributed by atoms with E-state index in [0.717, 1.165) is 24.0 Å². The van der Waals surface area contributed by atoms with Gasteiger partial charge in [0.25, 0.3) is 5.91 Å². The fourth-order valence-electron chi connectivity index (χ4n) is 2.74. The van der Waals surface area contributed by atoms with Gasteiger partial charge in [-0.1, -0.05) is 23.3 Å². The van der Waals surface area contributed by atoms with E-state index < -0.39 is 17.9 Å². The Kier molecular flexibility index (Phi) is 5.59. The van der Waals surface area contributed by atoms with Crippen molar-refractivity contribution < 1.29 is 19.5 Å². The molecule has 0 unspecified atom stereocenters. The molecule has 0 heterocycles. The molecule has 0 bridgehead atoms. The van der Waals surface area contributed by atoms with Crippen LogP contribution in [0.25, 0.3) is 0 Å². The molecule has 2 rings (SSSR count). The first-order chi connectivity index (χ1) is 11.8. The third kappa shape index (κ3) is 4.26. The number of carbonyl (C=O) groups is 3. The molecular formula is C18H21N3O4. The van der Waals surface area contributed by atoms with Crippen molar-refractivity contribution >= 4 is 23.6 Å². The normalized spacial score (nSPS) is 13.9. The molecule has 25 heavy (non-hydrogen) atoms. The number of imide groups is 1. The highest BCUT2D eigenvalue weighted by Gasteiger charge is 2.18. The third-order valence-corrected chi connectivity index (χ3v) is 4.19. The van der Waals surface area contributed by atoms with Crippen LogP contribution in [0.4, 0.5) is 10.5 Å². The molecule has 132 valence electrons. The highest BCUT2D eigenvalue weighted by Crippen LogP contribution is 2.23. The standard InChI is InChI=1S/C18H21N3O4/c1-10-5-3-6-11(2)14(10)9-20-18(25)21-16(22)12-7-4-8-13(15(12)19)17(23)24/h4-5,7-8H,3,6,9,19H2,1-2H3,(H,23,24)(H2,20,21,22,25). The first-order valence-electron chi connectivity index (χ1n) is 7.88. The van der Waals surface area contributed by atoms with E-state index in [4.69, 9.17) is 10.8 Å². The highest BCUT2D eigenvalue weighted by atomic mass is 16.4. The fraction of sp³-hybridized carbons (Fsp3) is 0.278. The van der Waals surface area contributed by atoms with Crippen LogP contribution in [-0.4, -0.2) is 29.6 Å². The van der Waals surface area contributed by atoms with E-state index >= 15 is 0 Å². The van der Waals surface area contributed by atoms with Gasteiger partial charge in [-0.2, -0.15) is 0 Å². The lowest BCUT2D eigenvalue weighted by Gasteiger charge is -2.18.